The summed E-state index contributed by atoms with van der Waals surface area (Å²) >= 11 is 8.10. The normalized spacial score (nSPS) is 23.0. The molecule has 0 saturated carbocycles. The average molecular weight is 214 g/mol. The molecule has 1 aliphatic heterocycles. The molecule has 13 heavy (non-hydrogen) atoms. The van der Waals surface area contributed by atoms with E-state index in [1.807, 2.05) is 23.9 Å². The summed E-state index contributed by atoms with van der Waals surface area (Å²) in [4.78, 5) is 0. The van der Waals surface area contributed by atoms with E-state index < -0.39 is 0 Å². The van der Waals surface area contributed by atoms with Crippen LogP contribution < -0.4 is 5.32 Å². The number of benzene rings is 1. The topological polar surface area (TPSA) is 12.0 Å². The molecule has 1 aromatic carbocycles. The maximum atomic E-state index is 6.12. The van der Waals surface area contributed by atoms with Crippen LogP contribution in [0.2, 0.25) is 5.02 Å². The Bertz CT molecular complexity index is 284. The SMILES string of the molecule is Clc1ccccc1C1CNCCS1. The molecule has 2 rings (SSSR count). The molecule has 3 heteroatoms. The zero-order valence-corrected chi connectivity index (χ0v) is 8.87. The second kappa shape index (κ2) is 4.36. The van der Waals surface area contributed by atoms with Gasteiger partial charge in [0.15, 0.2) is 0 Å². The minimum Gasteiger partial charge on any atom is -0.314 e. The third-order valence-electron chi connectivity index (χ3n) is 2.18. The van der Waals surface area contributed by atoms with Gasteiger partial charge in [-0.25, -0.2) is 0 Å². The molecule has 1 unspecified atom stereocenters. The van der Waals surface area contributed by atoms with E-state index in [2.05, 4.69) is 17.4 Å². The summed E-state index contributed by atoms with van der Waals surface area (Å²) in [5.74, 6) is 1.18. The molecule has 1 N–H and O–H groups in total. The molecule has 0 aliphatic carbocycles. The first-order valence-electron chi connectivity index (χ1n) is 4.44. The van der Waals surface area contributed by atoms with Crippen molar-refractivity contribution >= 4 is 23.4 Å². The van der Waals surface area contributed by atoms with E-state index in [9.17, 15) is 0 Å². The highest BCUT2D eigenvalue weighted by molar-refractivity contribution is 7.99. The first kappa shape index (κ1) is 9.38. The molecule has 0 spiro atoms. The molecule has 1 aliphatic rings. The van der Waals surface area contributed by atoms with Crippen LogP contribution in [0.5, 0.6) is 0 Å². The van der Waals surface area contributed by atoms with Gasteiger partial charge in [0.1, 0.15) is 0 Å². The first-order valence-corrected chi connectivity index (χ1v) is 5.87. The summed E-state index contributed by atoms with van der Waals surface area (Å²) in [6, 6.07) is 8.11. The monoisotopic (exact) mass is 213 g/mol. The zero-order chi connectivity index (χ0) is 9.10. The van der Waals surface area contributed by atoms with Gasteiger partial charge in [-0.3, -0.25) is 0 Å². The average Bonchev–Trinajstić information content (AvgIpc) is 2.20. The van der Waals surface area contributed by atoms with Crippen molar-refractivity contribution in [3.63, 3.8) is 0 Å². The highest BCUT2D eigenvalue weighted by Gasteiger charge is 2.17. The fourth-order valence-electron chi connectivity index (χ4n) is 1.50. The summed E-state index contributed by atoms with van der Waals surface area (Å²) in [7, 11) is 0. The van der Waals surface area contributed by atoms with Crippen molar-refractivity contribution in [2.45, 2.75) is 5.25 Å². The van der Waals surface area contributed by atoms with E-state index in [0.717, 1.165) is 18.1 Å². The molecule has 1 aromatic rings. The fraction of sp³-hybridized carbons (Fsp3) is 0.400. The van der Waals surface area contributed by atoms with Crippen molar-refractivity contribution in [1.29, 1.82) is 0 Å². The standard InChI is InChI=1S/C10H12ClNS/c11-9-4-2-1-3-8(9)10-7-12-5-6-13-10/h1-4,10,12H,5-7H2. The van der Waals surface area contributed by atoms with Crippen LogP contribution in [0, 0.1) is 0 Å². The predicted molar refractivity (Wildman–Crippen MR) is 59.5 cm³/mol. The summed E-state index contributed by atoms with van der Waals surface area (Å²) < 4.78 is 0. The lowest BCUT2D eigenvalue weighted by Gasteiger charge is -2.23. The Kier molecular flexibility index (Phi) is 3.14. The minimum absolute atomic E-state index is 0.530. The Labute approximate surface area is 87.9 Å². The number of hydrogen-bond acceptors (Lipinski definition) is 2. The lowest BCUT2D eigenvalue weighted by molar-refractivity contribution is 0.689. The summed E-state index contributed by atoms with van der Waals surface area (Å²) in [6.07, 6.45) is 0. The van der Waals surface area contributed by atoms with E-state index in [1.54, 1.807) is 0 Å². The molecule has 1 heterocycles. The predicted octanol–water partition coefficient (Wildman–Crippen LogP) is 2.72. The van der Waals surface area contributed by atoms with Crippen molar-refractivity contribution in [2.75, 3.05) is 18.8 Å². The van der Waals surface area contributed by atoms with Gasteiger partial charge in [-0.1, -0.05) is 29.8 Å². The zero-order valence-electron chi connectivity index (χ0n) is 7.29. The molecule has 1 nitrogen and oxygen atoms in total. The number of halogens is 1. The largest absolute Gasteiger partial charge is 0.314 e. The van der Waals surface area contributed by atoms with Gasteiger partial charge < -0.3 is 5.32 Å². The molecule has 1 fully saturated rings. The quantitative estimate of drug-likeness (QED) is 0.770. The highest BCUT2D eigenvalue weighted by Crippen LogP contribution is 2.34. The Morgan fingerprint density at radius 2 is 2.23 bits per heavy atom. The van der Waals surface area contributed by atoms with Crippen LogP contribution in [0.4, 0.5) is 0 Å². The Morgan fingerprint density at radius 1 is 1.38 bits per heavy atom. The molecule has 0 radical (unpaired) electrons. The van der Waals surface area contributed by atoms with Gasteiger partial charge in [0, 0.05) is 29.1 Å². The van der Waals surface area contributed by atoms with Crippen molar-refractivity contribution in [2.24, 2.45) is 0 Å². The smallest absolute Gasteiger partial charge is 0.0449 e. The summed E-state index contributed by atoms with van der Waals surface area (Å²) in [6.45, 7) is 2.15. The number of rotatable bonds is 1. The first-order chi connectivity index (χ1) is 6.38. The van der Waals surface area contributed by atoms with Crippen molar-refractivity contribution < 1.29 is 0 Å². The maximum absolute atomic E-state index is 6.12. The maximum Gasteiger partial charge on any atom is 0.0449 e. The van der Waals surface area contributed by atoms with Crippen LogP contribution in [0.15, 0.2) is 24.3 Å². The summed E-state index contributed by atoms with van der Waals surface area (Å²) in [5, 5.41) is 4.80. The van der Waals surface area contributed by atoms with E-state index in [-0.39, 0.29) is 0 Å². The highest BCUT2D eigenvalue weighted by atomic mass is 35.5. The van der Waals surface area contributed by atoms with Gasteiger partial charge in [-0.05, 0) is 11.6 Å². The molecule has 1 saturated heterocycles. The molecule has 70 valence electrons. The van der Waals surface area contributed by atoms with E-state index >= 15 is 0 Å². The van der Waals surface area contributed by atoms with Crippen LogP contribution >= 0.6 is 23.4 Å². The molecule has 0 amide bonds. The molecule has 0 aromatic heterocycles. The number of thioether (sulfide) groups is 1. The second-order valence-electron chi connectivity index (χ2n) is 3.09. The van der Waals surface area contributed by atoms with E-state index in [1.165, 1.54) is 11.3 Å². The van der Waals surface area contributed by atoms with Crippen molar-refractivity contribution in [3.8, 4) is 0 Å². The van der Waals surface area contributed by atoms with Gasteiger partial charge in [-0.2, -0.15) is 11.8 Å². The van der Waals surface area contributed by atoms with Gasteiger partial charge >= 0.3 is 0 Å². The lowest BCUT2D eigenvalue weighted by atomic mass is 10.1. The van der Waals surface area contributed by atoms with Crippen molar-refractivity contribution in [1.82, 2.24) is 5.32 Å². The second-order valence-corrected chi connectivity index (χ2v) is 4.80. The molecule has 1 atom stereocenters. The Morgan fingerprint density at radius 3 is 2.92 bits per heavy atom. The van der Waals surface area contributed by atoms with Crippen LogP contribution in [-0.2, 0) is 0 Å². The van der Waals surface area contributed by atoms with E-state index in [4.69, 9.17) is 11.6 Å². The van der Waals surface area contributed by atoms with Crippen LogP contribution in [0.25, 0.3) is 0 Å². The Hall–Kier alpha value is -0.180. The van der Waals surface area contributed by atoms with Gasteiger partial charge in [0.25, 0.3) is 0 Å². The van der Waals surface area contributed by atoms with E-state index in [0.29, 0.717) is 5.25 Å². The van der Waals surface area contributed by atoms with Crippen LogP contribution in [0.3, 0.4) is 0 Å². The van der Waals surface area contributed by atoms with Crippen molar-refractivity contribution in [3.05, 3.63) is 34.9 Å². The van der Waals surface area contributed by atoms with Gasteiger partial charge in [0.05, 0.1) is 0 Å². The number of nitrogens with one attached hydrogen (secondary N) is 1. The molecular formula is C10H12ClNS. The van der Waals surface area contributed by atoms with Gasteiger partial charge in [-0.15, -0.1) is 0 Å². The lowest BCUT2D eigenvalue weighted by Crippen LogP contribution is -2.28. The fourth-order valence-corrected chi connectivity index (χ4v) is 3.00. The molecular weight excluding hydrogens is 202 g/mol. The summed E-state index contributed by atoms with van der Waals surface area (Å²) in [5.41, 5.74) is 1.27. The van der Waals surface area contributed by atoms with Crippen LogP contribution in [-0.4, -0.2) is 18.8 Å². The Balaban J connectivity index is 2.18. The minimum atomic E-state index is 0.530. The molecule has 0 bridgehead atoms. The number of hydrogen-bond donors (Lipinski definition) is 1. The van der Waals surface area contributed by atoms with Gasteiger partial charge in [0.2, 0.25) is 0 Å². The van der Waals surface area contributed by atoms with Crippen LogP contribution in [0.1, 0.15) is 10.8 Å². The third-order valence-corrected chi connectivity index (χ3v) is 3.79. The third kappa shape index (κ3) is 2.19.